The molecule has 2 aromatic rings. The molecule has 0 aliphatic carbocycles. The highest BCUT2D eigenvalue weighted by molar-refractivity contribution is 8.01. The van der Waals surface area contributed by atoms with Crippen molar-refractivity contribution < 1.29 is 28.6 Å². The number of amides is 2. The molecule has 9 heteroatoms. The van der Waals surface area contributed by atoms with Crippen molar-refractivity contribution in [2.75, 3.05) is 13.7 Å². The van der Waals surface area contributed by atoms with Crippen molar-refractivity contribution in [3.63, 3.8) is 0 Å². The molecule has 8 nitrogen and oxygen atoms in total. The number of carbonyl (C=O) groups is 3. The molecule has 2 saturated heterocycles. The fourth-order valence-electron chi connectivity index (χ4n) is 4.20. The standard InChI is InChI=1S/C24H26N2O6S/c1-23(2)24(30-3,22(29)32-14-16-10-6-4-7-11-16)26-20(28)19(21(26)33-23)25-18(27)15-31-17-12-8-5-9-13-17/h4-13,19,21H,14-15H2,1-3H3,(H,25,27)/t19-,21+,24+/m0/s1. The topological polar surface area (TPSA) is 94.2 Å². The van der Waals surface area contributed by atoms with E-state index < -0.39 is 39.7 Å². The Morgan fingerprint density at radius 1 is 1.06 bits per heavy atom. The number of carbonyl (C=O) groups excluding carboxylic acids is 3. The largest absolute Gasteiger partial charge is 0.484 e. The van der Waals surface area contributed by atoms with E-state index in [4.69, 9.17) is 14.2 Å². The molecule has 0 aromatic heterocycles. The summed E-state index contributed by atoms with van der Waals surface area (Å²) in [6.45, 7) is 3.50. The van der Waals surface area contributed by atoms with Crippen molar-refractivity contribution in [2.45, 2.75) is 42.3 Å². The van der Waals surface area contributed by atoms with E-state index in [0.717, 1.165) is 5.56 Å². The van der Waals surface area contributed by atoms with Gasteiger partial charge in [0.15, 0.2) is 6.61 Å². The van der Waals surface area contributed by atoms with Gasteiger partial charge in [-0.25, -0.2) is 4.79 Å². The molecule has 2 heterocycles. The summed E-state index contributed by atoms with van der Waals surface area (Å²) < 4.78 is 15.9. The molecule has 0 bridgehead atoms. The zero-order valence-electron chi connectivity index (χ0n) is 18.6. The first-order chi connectivity index (χ1) is 15.8. The van der Waals surface area contributed by atoms with Gasteiger partial charge in [0.25, 0.3) is 17.5 Å². The number of nitrogens with one attached hydrogen (secondary N) is 1. The highest BCUT2D eigenvalue weighted by Gasteiger charge is 2.74. The van der Waals surface area contributed by atoms with E-state index in [9.17, 15) is 14.4 Å². The van der Waals surface area contributed by atoms with Crippen LogP contribution in [0.3, 0.4) is 0 Å². The molecule has 0 unspecified atom stereocenters. The lowest BCUT2D eigenvalue weighted by molar-refractivity contribution is -0.216. The van der Waals surface area contributed by atoms with Crippen LogP contribution in [0.2, 0.25) is 0 Å². The minimum atomic E-state index is -1.60. The molecular weight excluding hydrogens is 444 g/mol. The Kier molecular flexibility index (Phi) is 6.36. The number of rotatable bonds is 8. The van der Waals surface area contributed by atoms with E-state index >= 15 is 0 Å². The molecule has 33 heavy (non-hydrogen) atoms. The number of thioether (sulfide) groups is 1. The van der Waals surface area contributed by atoms with Gasteiger partial charge in [0.1, 0.15) is 23.8 Å². The average molecular weight is 471 g/mol. The zero-order valence-corrected chi connectivity index (χ0v) is 19.5. The van der Waals surface area contributed by atoms with Gasteiger partial charge in [0.05, 0.1) is 4.75 Å². The number of ether oxygens (including phenoxy) is 3. The smallest absolute Gasteiger partial charge is 0.361 e. The van der Waals surface area contributed by atoms with Crippen LogP contribution >= 0.6 is 11.8 Å². The number of esters is 1. The SMILES string of the molecule is CO[C@@]1(C(=O)OCc2ccccc2)N2C(=O)[C@H](NC(=O)COc3ccccc3)[C@H]2SC1(C)C. The van der Waals surface area contributed by atoms with Gasteiger partial charge >= 0.3 is 5.97 Å². The number of benzene rings is 2. The van der Waals surface area contributed by atoms with Gasteiger partial charge < -0.3 is 19.5 Å². The third-order valence-electron chi connectivity index (χ3n) is 5.83. The molecule has 2 aliphatic rings. The van der Waals surface area contributed by atoms with Gasteiger partial charge in [-0.1, -0.05) is 48.5 Å². The lowest BCUT2D eigenvalue weighted by Gasteiger charge is -2.49. The summed E-state index contributed by atoms with van der Waals surface area (Å²) >= 11 is 1.39. The van der Waals surface area contributed by atoms with Crippen molar-refractivity contribution in [1.29, 1.82) is 0 Å². The van der Waals surface area contributed by atoms with Gasteiger partial charge in [0.2, 0.25) is 0 Å². The molecule has 174 valence electrons. The first-order valence-electron chi connectivity index (χ1n) is 10.5. The second kappa shape index (κ2) is 9.07. The summed E-state index contributed by atoms with van der Waals surface area (Å²) in [7, 11) is 1.39. The van der Waals surface area contributed by atoms with Crippen LogP contribution in [-0.2, 0) is 30.5 Å². The summed E-state index contributed by atoms with van der Waals surface area (Å²) in [5.74, 6) is -0.897. The highest BCUT2D eigenvalue weighted by Crippen LogP contribution is 2.57. The minimum absolute atomic E-state index is 0.0647. The molecule has 2 aromatic carbocycles. The number of hydrogen-bond acceptors (Lipinski definition) is 7. The molecule has 4 rings (SSSR count). The summed E-state index contributed by atoms with van der Waals surface area (Å²) in [6.07, 6.45) is 0. The molecule has 2 aliphatic heterocycles. The van der Waals surface area contributed by atoms with Gasteiger partial charge in [-0.2, -0.15) is 0 Å². The van der Waals surface area contributed by atoms with Crippen LogP contribution in [0.15, 0.2) is 60.7 Å². The third kappa shape index (κ3) is 4.06. The first kappa shape index (κ1) is 23.1. The average Bonchev–Trinajstić information content (AvgIpc) is 3.05. The predicted octanol–water partition coefficient (Wildman–Crippen LogP) is 2.33. The van der Waals surface area contributed by atoms with Crippen molar-refractivity contribution in [3.05, 3.63) is 66.2 Å². The highest BCUT2D eigenvalue weighted by atomic mass is 32.2. The molecule has 0 spiro atoms. The summed E-state index contributed by atoms with van der Waals surface area (Å²) in [5.41, 5.74) is -0.772. The monoisotopic (exact) mass is 470 g/mol. The number of hydrogen-bond donors (Lipinski definition) is 1. The normalized spacial score (nSPS) is 25.1. The van der Waals surface area contributed by atoms with E-state index in [0.29, 0.717) is 5.75 Å². The number of fused-ring (bicyclic) bond motifs is 1. The molecular formula is C24H26N2O6S. The molecule has 2 amide bonds. The van der Waals surface area contributed by atoms with E-state index in [-0.39, 0.29) is 13.2 Å². The summed E-state index contributed by atoms with van der Waals surface area (Å²) in [6, 6.07) is 17.5. The Balaban J connectivity index is 1.43. The lowest BCUT2D eigenvalue weighted by Crippen LogP contribution is -2.76. The third-order valence-corrected chi connectivity index (χ3v) is 7.42. The van der Waals surface area contributed by atoms with Crippen LogP contribution in [0.5, 0.6) is 5.75 Å². The molecule has 0 radical (unpaired) electrons. The Labute approximate surface area is 196 Å². The van der Waals surface area contributed by atoms with E-state index in [1.54, 1.807) is 24.3 Å². The Morgan fingerprint density at radius 2 is 1.70 bits per heavy atom. The number of nitrogens with zero attached hydrogens (tertiary/aromatic N) is 1. The maximum absolute atomic E-state index is 13.2. The number of β-lactam (4-membered cyclic amide) rings is 1. The van der Waals surface area contributed by atoms with Crippen molar-refractivity contribution >= 4 is 29.5 Å². The maximum atomic E-state index is 13.2. The summed E-state index contributed by atoms with van der Waals surface area (Å²) in [5, 5.41) is 2.26. The molecule has 2 fully saturated rings. The summed E-state index contributed by atoms with van der Waals surface area (Å²) in [4.78, 5) is 40.1. The van der Waals surface area contributed by atoms with Crippen LogP contribution in [0, 0.1) is 0 Å². The molecule has 0 saturated carbocycles. The van der Waals surface area contributed by atoms with E-state index in [1.165, 1.54) is 23.8 Å². The van der Waals surface area contributed by atoms with Crippen LogP contribution in [0.4, 0.5) is 0 Å². The first-order valence-corrected chi connectivity index (χ1v) is 11.4. The zero-order chi connectivity index (χ0) is 23.6. The van der Waals surface area contributed by atoms with Crippen molar-refractivity contribution in [2.24, 2.45) is 0 Å². The minimum Gasteiger partial charge on any atom is -0.484 e. The van der Waals surface area contributed by atoms with E-state index in [1.807, 2.05) is 50.2 Å². The van der Waals surface area contributed by atoms with Gasteiger partial charge in [0, 0.05) is 7.11 Å². The van der Waals surface area contributed by atoms with Crippen LogP contribution in [0.1, 0.15) is 19.4 Å². The van der Waals surface area contributed by atoms with Crippen LogP contribution in [0.25, 0.3) is 0 Å². The maximum Gasteiger partial charge on any atom is 0.361 e. The lowest BCUT2D eigenvalue weighted by atomic mass is 9.91. The Bertz CT molecular complexity index is 1030. The fraction of sp³-hybridized carbons (Fsp3) is 0.375. The van der Waals surface area contributed by atoms with Gasteiger partial charge in [-0.3, -0.25) is 14.5 Å². The van der Waals surface area contributed by atoms with Crippen molar-refractivity contribution in [1.82, 2.24) is 10.2 Å². The van der Waals surface area contributed by atoms with E-state index in [2.05, 4.69) is 5.32 Å². The fourth-order valence-corrected chi connectivity index (χ4v) is 5.90. The number of methoxy groups -OCH3 is 1. The van der Waals surface area contributed by atoms with Gasteiger partial charge in [-0.05, 0) is 31.5 Å². The molecule has 3 atom stereocenters. The van der Waals surface area contributed by atoms with Gasteiger partial charge in [-0.15, -0.1) is 11.8 Å². The van der Waals surface area contributed by atoms with Crippen LogP contribution in [-0.4, -0.2) is 58.3 Å². The second-order valence-corrected chi connectivity index (χ2v) is 10.0. The van der Waals surface area contributed by atoms with Crippen molar-refractivity contribution in [3.8, 4) is 5.75 Å². The Morgan fingerprint density at radius 3 is 2.33 bits per heavy atom. The number of para-hydroxylation sites is 1. The second-order valence-electron chi connectivity index (χ2n) is 8.28. The molecule has 1 N–H and O–H groups in total. The quantitative estimate of drug-likeness (QED) is 0.467. The van der Waals surface area contributed by atoms with Crippen LogP contribution < -0.4 is 10.1 Å². The Hall–Kier alpha value is -3.04. The predicted molar refractivity (Wildman–Crippen MR) is 122 cm³/mol.